The predicted octanol–water partition coefficient (Wildman–Crippen LogP) is 7.97. The Morgan fingerprint density at radius 1 is 1.06 bits per heavy atom. The monoisotopic (exact) mass is 583 g/mol. The zero-order valence-corrected chi connectivity index (χ0v) is 22.6. The molecular formula is C28H24BrCl2N3O2. The Labute approximate surface area is 227 Å². The number of halogens is 3. The Bertz CT molecular complexity index is 1500. The van der Waals surface area contributed by atoms with Crippen LogP contribution in [0.15, 0.2) is 75.0 Å². The van der Waals surface area contributed by atoms with Gasteiger partial charge in [0, 0.05) is 31.6 Å². The second-order valence-electron chi connectivity index (χ2n) is 8.89. The molecule has 0 spiro atoms. The third-order valence-corrected chi connectivity index (χ3v) is 7.51. The number of hydrogen-bond donors (Lipinski definition) is 0. The lowest BCUT2D eigenvalue weighted by Gasteiger charge is -2.22. The van der Waals surface area contributed by atoms with Crippen LogP contribution < -0.4 is 10.3 Å². The third kappa shape index (κ3) is 5.51. The summed E-state index contributed by atoms with van der Waals surface area (Å²) in [6.07, 6.45) is 7.15. The predicted molar refractivity (Wildman–Crippen MR) is 150 cm³/mol. The van der Waals surface area contributed by atoms with Crippen LogP contribution in [0.2, 0.25) is 10.0 Å². The smallest absolute Gasteiger partial charge is 0.282 e. The highest BCUT2D eigenvalue weighted by Crippen LogP contribution is 2.32. The lowest BCUT2D eigenvalue weighted by atomic mass is 9.88. The fourth-order valence-corrected chi connectivity index (χ4v) is 5.36. The van der Waals surface area contributed by atoms with Crippen molar-refractivity contribution >= 4 is 56.2 Å². The summed E-state index contributed by atoms with van der Waals surface area (Å²) in [5.74, 6) is 1.56. The number of benzene rings is 3. The van der Waals surface area contributed by atoms with Gasteiger partial charge >= 0.3 is 0 Å². The van der Waals surface area contributed by atoms with Crippen LogP contribution in [0.1, 0.15) is 55.0 Å². The molecule has 1 aliphatic rings. The molecule has 0 saturated heterocycles. The van der Waals surface area contributed by atoms with Gasteiger partial charge in [-0.15, -0.1) is 0 Å². The number of aromatic nitrogens is 2. The first kappa shape index (κ1) is 25.0. The van der Waals surface area contributed by atoms with Crippen molar-refractivity contribution in [2.24, 2.45) is 5.10 Å². The summed E-state index contributed by atoms with van der Waals surface area (Å²) in [6, 6.07) is 18.5. The van der Waals surface area contributed by atoms with Crippen LogP contribution in [0.5, 0.6) is 5.75 Å². The van der Waals surface area contributed by atoms with Crippen molar-refractivity contribution < 1.29 is 4.74 Å². The topological polar surface area (TPSA) is 56.5 Å². The molecule has 0 radical (unpaired) electrons. The van der Waals surface area contributed by atoms with E-state index >= 15 is 0 Å². The fourth-order valence-electron chi connectivity index (χ4n) is 4.54. The summed E-state index contributed by atoms with van der Waals surface area (Å²) >= 11 is 15.8. The van der Waals surface area contributed by atoms with Gasteiger partial charge in [-0.1, -0.05) is 76.6 Å². The molecule has 36 heavy (non-hydrogen) atoms. The van der Waals surface area contributed by atoms with E-state index in [0.717, 1.165) is 47.1 Å². The molecular weight excluding hydrogens is 561 g/mol. The highest BCUT2D eigenvalue weighted by molar-refractivity contribution is 9.10. The minimum Gasteiger partial charge on any atom is -0.488 e. The molecule has 0 amide bonds. The quantitative estimate of drug-likeness (QED) is 0.216. The molecule has 1 heterocycles. The summed E-state index contributed by atoms with van der Waals surface area (Å²) in [6.45, 7) is 0.277. The highest BCUT2D eigenvalue weighted by atomic mass is 79.9. The number of rotatable bonds is 6. The summed E-state index contributed by atoms with van der Waals surface area (Å²) < 4.78 is 8.37. The Hall–Kier alpha value is -2.67. The first-order valence-electron chi connectivity index (χ1n) is 11.9. The molecule has 1 aromatic heterocycles. The SMILES string of the molecule is O=c1c2cc(Br)ccc2nc(C2CCCCC2)n1N=Cc1ccccc1OCc1ccc(Cl)cc1Cl. The summed E-state index contributed by atoms with van der Waals surface area (Å²) in [5.41, 5.74) is 2.09. The Morgan fingerprint density at radius 2 is 1.86 bits per heavy atom. The van der Waals surface area contributed by atoms with Crippen LogP contribution in [0.4, 0.5) is 0 Å². The zero-order valence-electron chi connectivity index (χ0n) is 19.5. The maximum atomic E-state index is 13.6. The minimum atomic E-state index is -0.176. The van der Waals surface area contributed by atoms with Gasteiger partial charge in [-0.05, 0) is 55.3 Å². The van der Waals surface area contributed by atoms with E-state index in [9.17, 15) is 4.79 Å². The zero-order chi connectivity index (χ0) is 25.1. The summed E-state index contributed by atoms with van der Waals surface area (Å²) in [5, 5.41) is 6.31. The van der Waals surface area contributed by atoms with E-state index in [1.807, 2.05) is 42.5 Å². The van der Waals surface area contributed by atoms with Crippen molar-refractivity contribution in [3.05, 3.63) is 102 Å². The number of fused-ring (bicyclic) bond motifs is 1. The molecule has 0 bridgehead atoms. The fraction of sp³-hybridized carbons (Fsp3) is 0.250. The van der Waals surface area contributed by atoms with Gasteiger partial charge in [-0.3, -0.25) is 4.79 Å². The maximum absolute atomic E-state index is 13.6. The van der Waals surface area contributed by atoms with Crippen LogP contribution in [0.25, 0.3) is 10.9 Å². The molecule has 1 aliphatic carbocycles. The summed E-state index contributed by atoms with van der Waals surface area (Å²) in [4.78, 5) is 18.5. The molecule has 8 heteroatoms. The number of ether oxygens (including phenoxy) is 1. The van der Waals surface area contributed by atoms with Gasteiger partial charge in [0.2, 0.25) is 0 Å². The van der Waals surface area contributed by atoms with Gasteiger partial charge in [-0.2, -0.15) is 9.78 Å². The van der Waals surface area contributed by atoms with Gasteiger partial charge in [0.1, 0.15) is 18.2 Å². The van der Waals surface area contributed by atoms with Gasteiger partial charge < -0.3 is 4.74 Å². The van der Waals surface area contributed by atoms with Gasteiger partial charge in [0.15, 0.2) is 0 Å². The van der Waals surface area contributed by atoms with Crippen LogP contribution in [0, 0.1) is 0 Å². The molecule has 0 atom stereocenters. The average molecular weight is 585 g/mol. The maximum Gasteiger partial charge on any atom is 0.282 e. The third-order valence-electron chi connectivity index (χ3n) is 6.43. The number of nitrogens with zero attached hydrogens (tertiary/aromatic N) is 3. The van der Waals surface area contributed by atoms with E-state index in [1.165, 1.54) is 11.1 Å². The van der Waals surface area contributed by atoms with Crippen molar-refractivity contribution in [1.29, 1.82) is 0 Å². The van der Waals surface area contributed by atoms with Crippen molar-refractivity contribution in [3.63, 3.8) is 0 Å². The number of hydrogen-bond acceptors (Lipinski definition) is 4. The number of para-hydroxylation sites is 1. The second-order valence-corrected chi connectivity index (χ2v) is 10.6. The van der Waals surface area contributed by atoms with Crippen LogP contribution >= 0.6 is 39.1 Å². The molecule has 5 rings (SSSR count). The first-order chi connectivity index (χ1) is 17.5. The van der Waals surface area contributed by atoms with Crippen molar-refractivity contribution in [3.8, 4) is 5.75 Å². The largest absolute Gasteiger partial charge is 0.488 e. The van der Waals surface area contributed by atoms with Crippen LogP contribution in [-0.4, -0.2) is 15.9 Å². The Kier molecular flexibility index (Phi) is 7.75. The van der Waals surface area contributed by atoms with Crippen molar-refractivity contribution in [2.45, 2.75) is 44.6 Å². The highest BCUT2D eigenvalue weighted by Gasteiger charge is 2.22. The van der Waals surface area contributed by atoms with E-state index in [-0.39, 0.29) is 18.1 Å². The normalized spacial score (nSPS) is 14.5. The first-order valence-corrected chi connectivity index (χ1v) is 13.5. The molecule has 0 aliphatic heterocycles. The molecule has 1 saturated carbocycles. The molecule has 0 N–H and O–H groups in total. The van der Waals surface area contributed by atoms with E-state index < -0.39 is 0 Å². The second kappa shape index (κ2) is 11.2. The van der Waals surface area contributed by atoms with Gasteiger partial charge in [0.25, 0.3) is 5.56 Å². The van der Waals surface area contributed by atoms with E-state index in [4.69, 9.17) is 32.9 Å². The van der Waals surface area contributed by atoms with E-state index in [2.05, 4.69) is 21.0 Å². The Morgan fingerprint density at radius 3 is 2.67 bits per heavy atom. The van der Waals surface area contributed by atoms with Crippen LogP contribution in [-0.2, 0) is 6.61 Å². The molecule has 5 nitrogen and oxygen atoms in total. The van der Waals surface area contributed by atoms with Gasteiger partial charge in [-0.25, -0.2) is 4.98 Å². The minimum absolute atomic E-state index is 0.176. The lowest BCUT2D eigenvalue weighted by molar-refractivity contribution is 0.306. The molecule has 3 aromatic carbocycles. The summed E-state index contributed by atoms with van der Waals surface area (Å²) in [7, 11) is 0. The Balaban J connectivity index is 1.51. The lowest BCUT2D eigenvalue weighted by Crippen LogP contribution is -2.25. The molecule has 184 valence electrons. The van der Waals surface area contributed by atoms with Crippen molar-refractivity contribution in [1.82, 2.24) is 9.66 Å². The standard InChI is InChI=1S/C28H24BrCl2N3O2/c29-21-11-13-25-23(14-21)28(35)34(27(33-25)18-6-2-1-3-7-18)32-16-19-8-4-5-9-26(19)36-17-20-10-12-22(30)15-24(20)31/h4-5,8-16,18H,1-3,6-7,17H2. The molecule has 4 aromatic rings. The van der Waals surface area contributed by atoms with E-state index in [0.29, 0.717) is 26.7 Å². The van der Waals surface area contributed by atoms with Crippen LogP contribution in [0.3, 0.4) is 0 Å². The van der Waals surface area contributed by atoms with E-state index in [1.54, 1.807) is 24.4 Å². The van der Waals surface area contributed by atoms with Crippen molar-refractivity contribution in [2.75, 3.05) is 0 Å². The van der Waals surface area contributed by atoms with Gasteiger partial charge in [0.05, 0.1) is 17.1 Å². The average Bonchev–Trinajstić information content (AvgIpc) is 2.89. The molecule has 1 fully saturated rings. The molecule has 0 unspecified atom stereocenters.